The largest absolute Gasteiger partial charge is 0.369 e. The Morgan fingerprint density at radius 3 is 2.71 bits per heavy atom. The van der Waals surface area contributed by atoms with E-state index in [0.717, 1.165) is 60.4 Å². The highest BCUT2D eigenvalue weighted by molar-refractivity contribution is 5.93. The fraction of sp³-hybridized carbons (Fsp3) is 0.333. The molecule has 4 aromatic rings. The molecule has 1 atom stereocenters. The summed E-state index contributed by atoms with van der Waals surface area (Å²) in [5.41, 5.74) is 5.01. The smallest absolute Gasteiger partial charge is 0.227 e. The molecule has 0 bridgehead atoms. The second kappa shape index (κ2) is 10.1. The number of nitrogens with zero attached hydrogens (tertiary/aromatic N) is 7. The minimum atomic E-state index is 0.0211. The number of piperazine rings is 1. The summed E-state index contributed by atoms with van der Waals surface area (Å²) in [6, 6.07) is 16.8. The van der Waals surface area contributed by atoms with Gasteiger partial charge >= 0.3 is 0 Å². The minimum absolute atomic E-state index is 0.0211. The average molecular weight is 467 g/mol. The van der Waals surface area contributed by atoms with E-state index in [1.54, 1.807) is 0 Å². The van der Waals surface area contributed by atoms with E-state index in [1.165, 1.54) is 5.69 Å². The summed E-state index contributed by atoms with van der Waals surface area (Å²) in [6.07, 6.45) is 6.08. The van der Waals surface area contributed by atoms with Gasteiger partial charge in [0.05, 0.1) is 30.2 Å². The third-order valence-corrected chi connectivity index (χ3v) is 6.65. The van der Waals surface area contributed by atoms with Crippen molar-refractivity contribution in [1.82, 2.24) is 24.6 Å². The zero-order valence-electron chi connectivity index (χ0n) is 20.2. The zero-order chi connectivity index (χ0) is 24.2. The zero-order valence-corrected chi connectivity index (χ0v) is 20.2. The molecule has 178 valence electrons. The third-order valence-electron chi connectivity index (χ3n) is 6.65. The molecule has 5 rings (SSSR count). The second-order valence-corrected chi connectivity index (χ2v) is 8.95. The Hall–Kier alpha value is -3.96. The van der Waals surface area contributed by atoms with E-state index in [1.807, 2.05) is 54.5 Å². The van der Waals surface area contributed by atoms with Gasteiger partial charge in [0.2, 0.25) is 5.95 Å². The molecule has 0 amide bonds. The fourth-order valence-electron chi connectivity index (χ4n) is 4.52. The highest BCUT2D eigenvalue weighted by atomic mass is 15.3. The first-order valence-electron chi connectivity index (χ1n) is 12.2. The predicted molar refractivity (Wildman–Crippen MR) is 140 cm³/mol. The van der Waals surface area contributed by atoms with Crippen molar-refractivity contribution in [1.29, 1.82) is 5.26 Å². The Kier molecular flexibility index (Phi) is 6.59. The highest BCUT2D eigenvalue weighted by Gasteiger charge is 2.16. The van der Waals surface area contributed by atoms with Gasteiger partial charge in [-0.2, -0.15) is 10.4 Å². The van der Waals surface area contributed by atoms with Gasteiger partial charge in [-0.1, -0.05) is 31.2 Å². The summed E-state index contributed by atoms with van der Waals surface area (Å²) in [6.45, 7) is 9.58. The quantitative estimate of drug-likeness (QED) is 0.416. The van der Waals surface area contributed by atoms with Gasteiger partial charge in [0.25, 0.3) is 0 Å². The Bertz CT molecular complexity index is 1350. The van der Waals surface area contributed by atoms with Crippen molar-refractivity contribution < 1.29 is 0 Å². The summed E-state index contributed by atoms with van der Waals surface area (Å²) in [5.74, 6) is 0.558. The first-order chi connectivity index (χ1) is 17.1. The SMILES string of the molecule is CCN1CCN(c2cccc(Nc3ncc4cccc(-c5cnn(C(C)CC#N)c5)c4n3)c2)CC1. The van der Waals surface area contributed by atoms with Gasteiger partial charge in [0.1, 0.15) is 0 Å². The number of benzene rings is 2. The predicted octanol–water partition coefficient (Wildman–Crippen LogP) is 4.85. The minimum Gasteiger partial charge on any atom is -0.369 e. The van der Waals surface area contributed by atoms with Gasteiger partial charge in [-0.05, 0) is 31.7 Å². The van der Waals surface area contributed by atoms with Crippen molar-refractivity contribution in [2.75, 3.05) is 42.9 Å². The van der Waals surface area contributed by atoms with Crippen molar-refractivity contribution in [3.05, 3.63) is 61.1 Å². The number of aromatic nitrogens is 4. The van der Waals surface area contributed by atoms with Crippen LogP contribution in [0.3, 0.4) is 0 Å². The summed E-state index contributed by atoms with van der Waals surface area (Å²) >= 11 is 0. The molecule has 8 heteroatoms. The maximum atomic E-state index is 9.01. The van der Waals surface area contributed by atoms with Gasteiger partial charge in [0, 0.05) is 66.5 Å². The van der Waals surface area contributed by atoms with Crippen molar-refractivity contribution in [2.24, 2.45) is 0 Å². The molecule has 1 saturated heterocycles. The van der Waals surface area contributed by atoms with Crippen LogP contribution >= 0.6 is 0 Å². The lowest BCUT2D eigenvalue weighted by molar-refractivity contribution is 0.271. The van der Waals surface area contributed by atoms with Crippen LogP contribution in [0.15, 0.2) is 61.1 Å². The standard InChI is InChI=1S/C27H30N8/c1-3-33-12-14-34(15-13-33)24-8-5-7-23(16-24)31-27-29-17-21-6-4-9-25(26(21)32-27)22-18-30-35(19-22)20(2)10-11-28/h4-9,16-20H,3,10,12-15H2,1-2H3,(H,29,31,32). The molecule has 1 fully saturated rings. The number of nitriles is 1. The van der Waals surface area contributed by atoms with Crippen LogP contribution < -0.4 is 10.2 Å². The van der Waals surface area contributed by atoms with Crippen LogP contribution in [0.5, 0.6) is 0 Å². The van der Waals surface area contributed by atoms with Crippen LogP contribution in [0.25, 0.3) is 22.0 Å². The van der Waals surface area contributed by atoms with Crippen LogP contribution in [-0.2, 0) is 0 Å². The Labute approximate surface area is 205 Å². The highest BCUT2D eigenvalue weighted by Crippen LogP contribution is 2.29. The van der Waals surface area contributed by atoms with Crippen molar-refractivity contribution >= 4 is 28.2 Å². The molecule has 35 heavy (non-hydrogen) atoms. The fourth-order valence-corrected chi connectivity index (χ4v) is 4.52. The van der Waals surface area contributed by atoms with Crippen LogP contribution in [-0.4, -0.2) is 57.4 Å². The number of para-hydroxylation sites is 1. The lowest BCUT2D eigenvalue weighted by Gasteiger charge is -2.35. The Morgan fingerprint density at radius 1 is 1.09 bits per heavy atom. The van der Waals surface area contributed by atoms with Gasteiger partial charge in [-0.3, -0.25) is 4.68 Å². The van der Waals surface area contributed by atoms with Crippen LogP contribution in [0.2, 0.25) is 0 Å². The summed E-state index contributed by atoms with van der Waals surface area (Å²) in [5, 5.41) is 17.8. The van der Waals surface area contributed by atoms with E-state index < -0.39 is 0 Å². The van der Waals surface area contributed by atoms with Crippen LogP contribution in [0.4, 0.5) is 17.3 Å². The summed E-state index contributed by atoms with van der Waals surface area (Å²) in [7, 11) is 0. The van der Waals surface area contributed by atoms with Crippen molar-refractivity contribution in [3.8, 4) is 17.2 Å². The summed E-state index contributed by atoms with van der Waals surface area (Å²) in [4.78, 5) is 14.3. The second-order valence-electron chi connectivity index (χ2n) is 8.95. The van der Waals surface area contributed by atoms with Crippen molar-refractivity contribution in [3.63, 3.8) is 0 Å². The van der Waals surface area contributed by atoms with E-state index in [-0.39, 0.29) is 6.04 Å². The first-order valence-corrected chi connectivity index (χ1v) is 12.2. The number of nitrogens with one attached hydrogen (secondary N) is 1. The van der Waals surface area contributed by atoms with Gasteiger partial charge in [-0.15, -0.1) is 0 Å². The van der Waals surface area contributed by atoms with E-state index in [2.05, 4.69) is 56.4 Å². The van der Waals surface area contributed by atoms with Gasteiger partial charge in [-0.25, -0.2) is 9.97 Å². The number of likely N-dealkylation sites (N-methyl/N-ethyl adjacent to an activating group) is 1. The molecule has 0 radical (unpaired) electrons. The first kappa shape index (κ1) is 22.8. The Balaban J connectivity index is 1.39. The third kappa shape index (κ3) is 4.96. The summed E-state index contributed by atoms with van der Waals surface area (Å²) < 4.78 is 1.84. The normalized spacial score (nSPS) is 15.2. The molecule has 0 spiro atoms. The molecule has 3 heterocycles. The molecule has 2 aromatic heterocycles. The number of fused-ring (bicyclic) bond motifs is 1. The lowest BCUT2D eigenvalue weighted by atomic mass is 10.1. The Morgan fingerprint density at radius 2 is 1.91 bits per heavy atom. The molecule has 1 unspecified atom stereocenters. The molecular formula is C27H30N8. The molecule has 1 N–H and O–H groups in total. The molecule has 0 aliphatic carbocycles. The van der Waals surface area contributed by atoms with Crippen LogP contribution in [0, 0.1) is 11.3 Å². The average Bonchev–Trinajstić information content (AvgIpc) is 3.39. The number of hydrogen-bond acceptors (Lipinski definition) is 7. The van der Waals surface area contributed by atoms with Gasteiger partial charge in [0.15, 0.2) is 0 Å². The van der Waals surface area contributed by atoms with E-state index in [4.69, 9.17) is 10.2 Å². The van der Waals surface area contributed by atoms with E-state index in [9.17, 15) is 0 Å². The topological polar surface area (TPSA) is 85.9 Å². The molecule has 1 aliphatic heterocycles. The van der Waals surface area contributed by atoms with E-state index in [0.29, 0.717) is 12.4 Å². The monoisotopic (exact) mass is 466 g/mol. The number of hydrogen-bond donors (Lipinski definition) is 1. The van der Waals surface area contributed by atoms with E-state index >= 15 is 0 Å². The molecule has 8 nitrogen and oxygen atoms in total. The van der Waals surface area contributed by atoms with Crippen LogP contribution in [0.1, 0.15) is 26.3 Å². The maximum absolute atomic E-state index is 9.01. The van der Waals surface area contributed by atoms with Gasteiger partial charge < -0.3 is 15.1 Å². The van der Waals surface area contributed by atoms with Crippen molar-refractivity contribution in [2.45, 2.75) is 26.3 Å². The maximum Gasteiger partial charge on any atom is 0.227 e. The molecule has 2 aromatic carbocycles. The lowest BCUT2D eigenvalue weighted by Crippen LogP contribution is -2.46. The molecule has 0 saturated carbocycles. The molecule has 1 aliphatic rings. The molecular weight excluding hydrogens is 436 g/mol. The number of rotatable bonds is 7. The number of anilines is 3.